The minimum absolute atomic E-state index is 0.298. The number of aliphatic hydroxyl groups excluding tert-OH is 3. The van der Waals surface area contributed by atoms with Gasteiger partial charge in [-0.1, -0.05) is 6.92 Å². The van der Waals surface area contributed by atoms with Crippen LogP contribution in [0.25, 0.3) is 0 Å². The van der Waals surface area contributed by atoms with E-state index in [0.717, 1.165) is 0 Å². The fraction of sp³-hybridized carbons (Fsp3) is 1.00. The van der Waals surface area contributed by atoms with Gasteiger partial charge >= 0.3 is 0 Å². The highest BCUT2D eigenvalue weighted by Crippen LogP contribution is 2.26. The van der Waals surface area contributed by atoms with E-state index in [0.29, 0.717) is 6.61 Å². The van der Waals surface area contributed by atoms with Crippen LogP contribution < -0.4 is 0 Å². The van der Waals surface area contributed by atoms with Crippen LogP contribution in [-0.4, -0.2) is 53.1 Å². The molecular formula is C9H18O5. The summed E-state index contributed by atoms with van der Waals surface area (Å²) in [5, 5.41) is 28.0. The molecule has 14 heavy (non-hydrogen) atoms. The van der Waals surface area contributed by atoms with E-state index in [1.165, 1.54) is 0 Å². The fourth-order valence-corrected chi connectivity index (χ4v) is 1.57. The second-order valence-corrected chi connectivity index (χ2v) is 3.52. The van der Waals surface area contributed by atoms with Crippen molar-refractivity contribution in [3.63, 3.8) is 0 Å². The summed E-state index contributed by atoms with van der Waals surface area (Å²) in [6.07, 6.45) is -3.29. The van der Waals surface area contributed by atoms with Crippen molar-refractivity contribution in [2.45, 2.75) is 38.4 Å². The minimum Gasteiger partial charge on any atom is -0.394 e. The third kappa shape index (κ3) is 2.24. The lowest BCUT2D eigenvalue weighted by Crippen LogP contribution is -2.55. The van der Waals surface area contributed by atoms with Crippen LogP contribution in [0, 0.1) is 5.92 Å². The van der Waals surface area contributed by atoms with Gasteiger partial charge in [0.2, 0.25) is 0 Å². The van der Waals surface area contributed by atoms with Crippen LogP contribution in [0.5, 0.6) is 0 Å². The van der Waals surface area contributed by atoms with Crippen molar-refractivity contribution in [2.75, 3.05) is 13.2 Å². The van der Waals surface area contributed by atoms with Crippen molar-refractivity contribution in [1.29, 1.82) is 0 Å². The Balaban J connectivity index is 2.63. The Morgan fingerprint density at radius 1 is 1.29 bits per heavy atom. The van der Waals surface area contributed by atoms with Crippen molar-refractivity contribution in [1.82, 2.24) is 0 Å². The number of ether oxygens (including phenoxy) is 2. The summed E-state index contributed by atoms with van der Waals surface area (Å²) >= 11 is 0. The average Bonchev–Trinajstić information content (AvgIpc) is 2.19. The summed E-state index contributed by atoms with van der Waals surface area (Å²) in [7, 11) is 0. The van der Waals surface area contributed by atoms with Crippen molar-refractivity contribution >= 4 is 0 Å². The zero-order valence-electron chi connectivity index (χ0n) is 8.46. The van der Waals surface area contributed by atoms with Crippen LogP contribution in [0.15, 0.2) is 0 Å². The number of rotatable bonds is 3. The molecule has 0 radical (unpaired) electrons. The Hall–Kier alpha value is -0.200. The Kier molecular flexibility index (Phi) is 4.28. The molecular weight excluding hydrogens is 188 g/mol. The molecule has 3 N–H and O–H groups in total. The lowest BCUT2D eigenvalue weighted by atomic mass is 9.92. The van der Waals surface area contributed by atoms with Gasteiger partial charge in [-0.3, -0.25) is 0 Å². The Bertz CT molecular complexity index is 171. The molecule has 1 saturated heterocycles. The molecule has 5 heteroatoms. The summed E-state index contributed by atoms with van der Waals surface area (Å²) in [5.74, 6) is -0.298. The molecule has 0 aromatic rings. The molecule has 5 nitrogen and oxygen atoms in total. The summed E-state index contributed by atoms with van der Waals surface area (Å²) in [5.41, 5.74) is 0. The molecule has 0 saturated carbocycles. The monoisotopic (exact) mass is 206 g/mol. The van der Waals surface area contributed by atoms with Gasteiger partial charge in [0.1, 0.15) is 12.2 Å². The zero-order chi connectivity index (χ0) is 10.7. The summed E-state index contributed by atoms with van der Waals surface area (Å²) in [4.78, 5) is 0. The van der Waals surface area contributed by atoms with Gasteiger partial charge in [0.05, 0.1) is 12.7 Å². The fourth-order valence-electron chi connectivity index (χ4n) is 1.57. The molecule has 1 heterocycles. The summed E-state index contributed by atoms with van der Waals surface area (Å²) in [6.45, 7) is 3.70. The van der Waals surface area contributed by atoms with Crippen molar-refractivity contribution in [2.24, 2.45) is 5.92 Å². The summed E-state index contributed by atoms with van der Waals surface area (Å²) in [6, 6.07) is 0. The van der Waals surface area contributed by atoms with E-state index in [1.54, 1.807) is 6.92 Å². The van der Waals surface area contributed by atoms with Crippen molar-refractivity contribution in [3.8, 4) is 0 Å². The van der Waals surface area contributed by atoms with Crippen molar-refractivity contribution < 1.29 is 24.8 Å². The molecule has 0 unspecified atom stereocenters. The van der Waals surface area contributed by atoms with Gasteiger partial charge in [0, 0.05) is 12.5 Å². The number of hydrogen-bond donors (Lipinski definition) is 3. The third-order valence-electron chi connectivity index (χ3n) is 2.52. The smallest absolute Gasteiger partial charge is 0.163 e. The maximum atomic E-state index is 9.62. The van der Waals surface area contributed by atoms with Gasteiger partial charge in [-0.15, -0.1) is 0 Å². The molecule has 0 aliphatic carbocycles. The van der Waals surface area contributed by atoms with Crippen LogP contribution in [0.1, 0.15) is 13.8 Å². The minimum atomic E-state index is -1.05. The lowest BCUT2D eigenvalue weighted by molar-refractivity contribution is -0.281. The SMILES string of the molecule is CCO[C@H]1O[C@H](CO)[C@H](O)[C@H](O)[C@H]1C. The zero-order valence-corrected chi connectivity index (χ0v) is 8.46. The molecule has 0 bridgehead atoms. The maximum Gasteiger partial charge on any atom is 0.163 e. The van der Waals surface area contributed by atoms with E-state index < -0.39 is 24.6 Å². The van der Waals surface area contributed by atoms with Gasteiger partial charge in [-0.25, -0.2) is 0 Å². The van der Waals surface area contributed by atoms with Gasteiger partial charge in [-0.05, 0) is 6.92 Å². The number of hydrogen-bond acceptors (Lipinski definition) is 5. The van der Waals surface area contributed by atoms with E-state index in [1.807, 2.05) is 6.92 Å². The largest absolute Gasteiger partial charge is 0.394 e. The molecule has 1 aliphatic rings. The van der Waals surface area contributed by atoms with E-state index in [4.69, 9.17) is 14.6 Å². The molecule has 1 aliphatic heterocycles. The first-order valence-electron chi connectivity index (χ1n) is 4.85. The van der Waals surface area contributed by atoms with Crippen LogP contribution in [-0.2, 0) is 9.47 Å². The van der Waals surface area contributed by atoms with Crippen LogP contribution in [0.2, 0.25) is 0 Å². The Labute approximate surface area is 83.3 Å². The van der Waals surface area contributed by atoms with Crippen LogP contribution in [0.3, 0.4) is 0 Å². The van der Waals surface area contributed by atoms with E-state index in [2.05, 4.69) is 0 Å². The molecule has 0 aromatic carbocycles. The highest BCUT2D eigenvalue weighted by Gasteiger charge is 2.42. The van der Waals surface area contributed by atoms with Crippen molar-refractivity contribution in [3.05, 3.63) is 0 Å². The second kappa shape index (κ2) is 5.04. The van der Waals surface area contributed by atoms with Gasteiger partial charge in [0.15, 0.2) is 6.29 Å². The average molecular weight is 206 g/mol. The Morgan fingerprint density at radius 2 is 1.93 bits per heavy atom. The Morgan fingerprint density at radius 3 is 2.43 bits per heavy atom. The number of aliphatic hydroxyl groups is 3. The normalized spacial score (nSPS) is 43.9. The second-order valence-electron chi connectivity index (χ2n) is 3.52. The standard InChI is InChI=1S/C9H18O5/c1-3-13-9-5(2)7(11)8(12)6(4-10)14-9/h5-12H,3-4H2,1-2H3/t5-,6-,7-,8+,9+/m1/s1. The first-order chi connectivity index (χ1) is 6.61. The topological polar surface area (TPSA) is 79.2 Å². The molecule has 0 amide bonds. The molecule has 84 valence electrons. The molecule has 0 spiro atoms. The first kappa shape index (κ1) is 11.9. The molecule has 5 atom stereocenters. The first-order valence-corrected chi connectivity index (χ1v) is 4.85. The van der Waals surface area contributed by atoms with E-state index in [-0.39, 0.29) is 12.5 Å². The quantitative estimate of drug-likeness (QED) is 0.557. The highest BCUT2D eigenvalue weighted by molar-refractivity contribution is 4.86. The van der Waals surface area contributed by atoms with Gasteiger partial charge in [0.25, 0.3) is 0 Å². The lowest BCUT2D eigenvalue weighted by Gasteiger charge is -2.40. The highest BCUT2D eigenvalue weighted by atomic mass is 16.7. The molecule has 1 rings (SSSR count). The predicted octanol–water partition coefficient (Wildman–Crippen LogP) is -0.902. The van der Waals surface area contributed by atoms with E-state index in [9.17, 15) is 10.2 Å². The molecule has 0 aromatic heterocycles. The third-order valence-corrected chi connectivity index (χ3v) is 2.52. The summed E-state index contributed by atoms with van der Waals surface area (Å²) < 4.78 is 10.5. The van der Waals surface area contributed by atoms with Crippen LogP contribution >= 0.6 is 0 Å². The van der Waals surface area contributed by atoms with E-state index >= 15 is 0 Å². The van der Waals surface area contributed by atoms with Crippen LogP contribution in [0.4, 0.5) is 0 Å². The predicted molar refractivity (Wildman–Crippen MR) is 48.6 cm³/mol. The maximum absolute atomic E-state index is 9.62. The van der Waals surface area contributed by atoms with Gasteiger partial charge < -0.3 is 24.8 Å². The molecule has 1 fully saturated rings. The van der Waals surface area contributed by atoms with Gasteiger partial charge in [-0.2, -0.15) is 0 Å².